The zero-order valence-electron chi connectivity index (χ0n) is 12.7. The summed E-state index contributed by atoms with van der Waals surface area (Å²) < 4.78 is 12.5. The Bertz CT molecular complexity index is 490. The molecule has 116 valence electrons. The van der Waals surface area contributed by atoms with E-state index in [-0.39, 0.29) is 24.9 Å². The highest BCUT2D eigenvalue weighted by Crippen LogP contribution is 2.24. The van der Waals surface area contributed by atoms with Gasteiger partial charge in [-0.3, -0.25) is 9.59 Å². The molecule has 0 radical (unpaired) electrons. The molecule has 2 rings (SSSR count). The second-order valence-corrected chi connectivity index (χ2v) is 4.50. The molecule has 2 heterocycles. The highest BCUT2D eigenvalue weighted by molar-refractivity contribution is 5.92. The number of carbonyl (C=O) groups excluding carboxylic acids is 2. The second kappa shape index (κ2) is 8.36. The fourth-order valence-electron chi connectivity index (χ4n) is 2.06. The Balaban J connectivity index is 0.00000106. The highest BCUT2D eigenvalue weighted by atomic mass is 16.6. The lowest BCUT2D eigenvalue weighted by atomic mass is 10.2. The van der Waals surface area contributed by atoms with Gasteiger partial charge in [-0.05, 0) is 12.5 Å². The van der Waals surface area contributed by atoms with Crippen LogP contribution in [0.2, 0.25) is 0 Å². The maximum atomic E-state index is 11.1. The van der Waals surface area contributed by atoms with Gasteiger partial charge in [-0.25, -0.2) is 0 Å². The molecule has 2 atom stereocenters. The molecule has 0 saturated carbocycles. The number of esters is 1. The molecule has 1 amide bonds. The van der Waals surface area contributed by atoms with Crippen LogP contribution in [0.5, 0.6) is 0 Å². The summed E-state index contributed by atoms with van der Waals surface area (Å²) in [7, 11) is 0. The lowest BCUT2D eigenvalue weighted by Crippen LogP contribution is -2.40. The Labute approximate surface area is 124 Å². The molecule has 1 aliphatic rings. The van der Waals surface area contributed by atoms with Crippen LogP contribution >= 0.6 is 0 Å². The van der Waals surface area contributed by atoms with E-state index in [1.165, 1.54) is 6.92 Å². The van der Waals surface area contributed by atoms with E-state index >= 15 is 0 Å². The molecule has 6 heteroatoms. The topological polar surface area (TPSA) is 82.5 Å². The fourth-order valence-corrected chi connectivity index (χ4v) is 2.06. The van der Waals surface area contributed by atoms with E-state index in [0.29, 0.717) is 5.56 Å². The van der Waals surface area contributed by atoms with Crippen LogP contribution < -0.4 is 10.3 Å². The number of primary amides is 1. The summed E-state index contributed by atoms with van der Waals surface area (Å²) in [5, 5.41) is 0. The summed E-state index contributed by atoms with van der Waals surface area (Å²) in [6, 6.07) is 3.41. The predicted molar refractivity (Wildman–Crippen MR) is 76.3 cm³/mol. The van der Waals surface area contributed by atoms with Crippen molar-refractivity contribution in [3.8, 4) is 0 Å². The molecular formula is C15H23N2O4+. The Morgan fingerprint density at radius 3 is 2.76 bits per heavy atom. The summed E-state index contributed by atoms with van der Waals surface area (Å²) >= 11 is 0. The average molecular weight is 295 g/mol. The van der Waals surface area contributed by atoms with E-state index in [1.807, 2.05) is 24.6 Å². The first-order chi connectivity index (χ1) is 10.1. The van der Waals surface area contributed by atoms with E-state index in [4.69, 9.17) is 15.2 Å². The van der Waals surface area contributed by atoms with Crippen LogP contribution in [0.4, 0.5) is 0 Å². The standard InChI is InChI=1S/C13H16N2O4.C2H6/c1-9(16)18-8-11-4-5-12(19-11)15-6-2-3-10(7-15)13(14)17;1-2/h2-3,6-7,11-12H,4-5,8H2,1H3,(H-,14,17);1-2H3/p+1. The van der Waals surface area contributed by atoms with Crippen molar-refractivity contribution in [3.05, 3.63) is 30.1 Å². The van der Waals surface area contributed by atoms with Gasteiger partial charge in [-0.2, -0.15) is 4.57 Å². The summed E-state index contributed by atoms with van der Waals surface area (Å²) in [5.41, 5.74) is 5.68. The van der Waals surface area contributed by atoms with E-state index < -0.39 is 5.91 Å². The number of carbonyl (C=O) groups is 2. The first kappa shape index (κ1) is 17.1. The molecule has 1 aromatic rings. The minimum atomic E-state index is -0.469. The highest BCUT2D eigenvalue weighted by Gasteiger charge is 2.32. The Morgan fingerprint density at radius 1 is 1.43 bits per heavy atom. The van der Waals surface area contributed by atoms with Crippen molar-refractivity contribution in [2.45, 2.75) is 45.9 Å². The predicted octanol–water partition coefficient (Wildman–Crippen LogP) is 1.34. The first-order valence-electron chi connectivity index (χ1n) is 7.15. The molecule has 2 N–H and O–H groups in total. The van der Waals surface area contributed by atoms with Crippen molar-refractivity contribution in [1.29, 1.82) is 0 Å². The minimum absolute atomic E-state index is 0.0985. The average Bonchev–Trinajstić information content (AvgIpc) is 2.96. The molecule has 2 unspecified atom stereocenters. The van der Waals surface area contributed by atoms with E-state index in [2.05, 4.69) is 0 Å². The maximum absolute atomic E-state index is 11.1. The summed E-state index contributed by atoms with van der Waals surface area (Å²) in [5.74, 6) is -0.778. The number of hydrogen-bond acceptors (Lipinski definition) is 4. The van der Waals surface area contributed by atoms with Crippen LogP contribution in [0.25, 0.3) is 0 Å². The van der Waals surface area contributed by atoms with Crippen molar-refractivity contribution in [3.63, 3.8) is 0 Å². The number of hydrogen-bond donors (Lipinski definition) is 1. The molecule has 1 aliphatic heterocycles. The number of ether oxygens (including phenoxy) is 2. The van der Waals surface area contributed by atoms with Gasteiger partial charge in [-0.1, -0.05) is 13.8 Å². The molecule has 0 bridgehead atoms. The Hall–Kier alpha value is -1.95. The van der Waals surface area contributed by atoms with Gasteiger partial charge in [0.15, 0.2) is 12.4 Å². The van der Waals surface area contributed by atoms with Crippen LogP contribution in [0.3, 0.4) is 0 Å². The van der Waals surface area contributed by atoms with Crippen molar-refractivity contribution >= 4 is 11.9 Å². The molecule has 1 fully saturated rings. The van der Waals surface area contributed by atoms with E-state index in [1.54, 1.807) is 18.3 Å². The lowest BCUT2D eigenvalue weighted by molar-refractivity contribution is -0.759. The summed E-state index contributed by atoms with van der Waals surface area (Å²) in [4.78, 5) is 21.9. The zero-order chi connectivity index (χ0) is 15.8. The molecular weight excluding hydrogens is 272 g/mol. The smallest absolute Gasteiger partial charge is 0.302 e. The van der Waals surface area contributed by atoms with E-state index in [9.17, 15) is 9.59 Å². The second-order valence-electron chi connectivity index (χ2n) is 4.50. The van der Waals surface area contributed by atoms with Gasteiger partial charge < -0.3 is 15.2 Å². The first-order valence-corrected chi connectivity index (χ1v) is 7.15. The van der Waals surface area contributed by atoms with E-state index in [0.717, 1.165) is 12.8 Å². The maximum Gasteiger partial charge on any atom is 0.302 e. The largest absolute Gasteiger partial charge is 0.463 e. The molecule has 0 aliphatic carbocycles. The van der Waals surface area contributed by atoms with Gasteiger partial charge in [-0.15, -0.1) is 0 Å². The van der Waals surface area contributed by atoms with Gasteiger partial charge in [0.05, 0.1) is 6.10 Å². The summed E-state index contributed by atoms with van der Waals surface area (Å²) in [6.07, 6.45) is 4.86. The number of pyridine rings is 1. The van der Waals surface area contributed by atoms with Crippen LogP contribution in [0.1, 0.15) is 50.2 Å². The van der Waals surface area contributed by atoms with Gasteiger partial charge in [0.1, 0.15) is 12.2 Å². The van der Waals surface area contributed by atoms with Crippen molar-refractivity contribution in [2.75, 3.05) is 6.61 Å². The number of nitrogens with two attached hydrogens (primary N) is 1. The summed E-state index contributed by atoms with van der Waals surface area (Å²) in [6.45, 7) is 5.64. The van der Waals surface area contributed by atoms with Crippen molar-refractivity contribution in [1.82, 2.24) is 0 Å². The third-order valence-electron chi connectivity index (χ3n) is 3.00. The number of nitrogens with zero attached hydrogens (tertiary/aromatic N) is 1. The van der Waals surface area contributed by atoms with Gasteiger partial charge in [0.2, 0.25) is 0 Å². The van der Waals surface area contributed by atoms with Crippen LogP contribution in [-0.4, -0.2) is 24.6 Å². The zero-order valence-corrected chi connectivity index (χ0v) is 12.7. The van der Waals surface area contributed by atoms with Gasteiger partial charge in [0, 0.05) is 19.4 Å². The third-order valence-corrected chi connectivity index (χ3v) is 3.00. The van der Waals surface area contributed by atoms with Gasteiger partial charge in [0.25, 0.3) is 12.1 Å². The molecule has 1 saturated heterocycles. The van der Waals surface area contributed by atoms with Crippen LogP contribution in [-0.2, 0) is 14.3 Å². The number of amides is 1. The lowest BCUT2D eigenvalue weighted by Gasteiger charge is -2.10. The van der Waals surface area contributed by atoms with Crippen LogP contribution in [0, 0.1) is 0 Å². The molecule has 0 spiro atoms. The Morgan fingerprint density at radius 2 is 2.14 bits per heavy atom. The minimum Gasteiger partial charge on any atom is -0.463 e. The van der Waals surface area contributed by atoms with Crippen molar-refractivity contribution in [2.24, 2.45) is 5.73 Å². The molecule has 21 heavy (non-hydrogen) atoms. The number of aromatic nitrogens is 1. The monoisotopic (exact) mass is 295 g/mol. The molecule has 0 aromatic carbocycles. The van der Waals surface area contributed by atoms with Gasteiger partial charge >= 0.3 is 5.97 Å². The Kier molecular flexibility index (Phi) is 6.81. The number of rotatable bonds is 4. The fraction of sp³-hybridized carbons (Fsp3) is 0.533. The quantitative estimate of drug-likeness (QED) is 0.671. The van der Waals surface area contributed by atoms with Crippen molar-refractivity contribution < 1.29 is 23.6 Å². The SMILES string of the molecule is CC.CC(=O)OCC1CCC([n+]2cccc(C(N)=O)c2)O1. The third kappa shape index (κ3) is 5.15. The van der Waals surface area contributed by atoms with Crippen LogP contribution in [0.15, 0.2) is 24.5 Å². The molecule has 1 aromatic heterocycles. The molecule has 6 nitrogen and oxygen atoms in total. The normalized spacial score (nSPS) is 20.3.